The molecule has 2 aliphatic heterocycles. The van der Waals surface area contributed by atoms with Crippen molar-refractivity contribution in [1.29, 1.82) is 0 Å². The molecule has 0 aliphatic carbocycles. The smallest absolute Gasteiger partial charge is 0.253 e. The molecule has 0 saturated carbocycles. The van der Waals surface area contributed by atoms with Gasteiger partial charge in [0.15, 0.2) is 34.5 Å². The average molecular weight is 650 g/mol. The molecule has 10 nitrogen and oxygen atoms in total. The van der Waals surface area contributed by atoms with Crippen LogP contribution in [0.2, 0.25) is 0 Å². The van der Waals surface area contributed by atoms with E-state index in [-0.39, 0.29) is 28.4 Å². The molecule has 0 bridgehead atoms. The molecule has 0 spiro atoms. The first-order valence-electron chi connectivity index (χ1n) is 11.1. The Hall–Kier alpha value is -1.15. The van der Waals surface area contributed by atoms with Crippen molar-refractivity contribution < 1.29 is 52.8 Å². The molecule has 0 radical (unpaired) electrons. The number of benzene rings is 1. The predicted octanol–water partition coefficient (Wildman–Crippen LogP) is 3.25. The van der Waals surface area contributed by atoms with Gasteiger partial charge >= 0.3 is 0 Å². The Bertz CT molecular complexity index is 831. The first kappa shape index (κ1) is 30.1. The van der Waals surface area contributed by atoms with Crippen molar-refractivity contribution in [3.8, 4) is 11.5 Å². The van der Waals surface area contributed by atoms with Gasteiger partial charge in [-0.15, -0.1) is 5.69 Å². The van der Waals surface area contributed by atoms with Gasteiger partial charge in [0.2, 0.25) is 0 Å². The van der Waals surface area contributed by atoms with Crippen molar-refractivity contribution in [2.24, 2.45) is 0 Å². The van der Waals surface area contributed by atoms with E-state index in [0.717, 1.165) is 5.57 Å². The van der Waals surface area contributed by atoms with Crippen LogP contribution in [0.25, 0.3) is 5.32 Å². The fourth-order valence-corrected chi connectivity index (χ4v) is 4.14. The zero-order valence-corrected chi connectivity index (χ0v) is 23.1. The Balaban J connectivity index is 0.00000432. The van der Waals surface area contributed by atoms with Crippen LogP contribution >= 0.6 is 23.0 Å². The SMILES string of the molecule is C=C1C[C@H]2[C@H](OCCOCCOCCOCCOC)[N-]c3cc(OI)c(OC)cc3C(=O)N2C1.[Ni]. The van der Waals surface area contributed by atoms with Gasteiger partial charge in [-0.05, 0) is 18.6 Å². The number of hydrogen-bond acceptors (Lipinski definition) is 8. The summed E-state index contributed by atoms with van der Waals surface area (Å²) in [7, 11) is 3.17. The predicted molar refractivity (Wildman–Crippen MR) is 133 cm³/mol. The third-order valence-corrected chi connectivity index (χ3v) is 5.91. The number of rotatable bonds is 15. The zero-order chi connectivity index (χ0) is 24.3. The first-order valence-corrected chi connectivity index (χ1v) is 12.0. The molecule has 1 saturated heterocycles. The molecule has 200 valence electrons. The van der Waals surface area contributed by atoms with Crippen molar-refractivity contribution in [2.75, 3.05) is 73.6 Å². The summed E-state index contributed by atoms with van der Waals surface area (Å²) in [5.41, 5.74) is 1.95. The fraction of sp³-hybridized carbons (Fsp3) is 0.609. The number of carbonyl (C=O) groups excluding carboxylic acids is 1. The van der Waals surface area contributed by atoms with Gasteiger partial charge < -0.3 is 41.7 Å². The normalized spacial score (nSPS) is 18.9. The number of hydrogen-bond donors (Lipinski definition) is 0. The number of carbonyl (C=O) groups is 1. The monoisotopic (exact) mass is 649 g/mol. The van der Waals surface area contributed by atoms with Gasteiger partial charge in [0, 0.05) is 48.0 Å². The van der Waals surface area contributed by atoms with Crippen LogP contribution in [0.15, 0.2) is 24.3 Å². The maximum absolute atomic E-state index is 13.3. The summed E-state index contributed by atoms with van der Waals surface area (Å²) >= 11 is 1.78. The molecule has 1 aromatic rings. The van der Waals surface area contributed by atoms with Crippen molar-refractivity contribution in [3.63, 3.8) is 0 Å². The largest absolute Gasteiger partial charge is 0.657 e. The second-order valence-electron chi connectivity index (χ2n) is 7.77. The molecule has 0 aromatic heterocycles. The third kappa shape index (κ3) is 8.45. The molecule has 0 N–H and O–H groups in total. The molecule has 35 heavy (non-hydrogen) atoms. The minimum atomic E-state index is -0.538. The van der Waals surface area contributed by atoms with E-state index >= 15 is 0 Å². The van der Waals surface area contributed by atoms with Gasteiger partial charge in [0.1, 0.15) is 0 Å². The first-order chi connectivity index (χ1) is 16.6. The van der Waals surface area contributed by atoms with Crippen molar-refractivity contribution in [2.45, 2.75) is 18.7 Å². The maximum Gasteiger partial charge on any atom is 0.253 e. The molecule has 12 heteroatoms. The quantitative estimate of drug-likeness (QED) is 0.124. The van der Waals surface area contributed by atoms with E-state index in [1.807, 2.05) is 0 Å². The van der Waals surface area contributed by atoms with Crippen LogP contribution in [-0.2, 0) is 40.2 Å². The van der Waals surface area contributed by atoms with Crippen molar-refractivity contribution in [1.82, 2.24) is 4.90 Å². The van der Waals surface area contributed by atoms with Crippen molar-refractivity contribution in [3.05, 3.63) is 35.2 Å². The van der Waals surface area contributed by atoms with E-state index in [1.54, 1.807) is 47.1 Å². The minimum absolute atomic E-state index is 0. The number of amides is 1. The standard InChI is InChI=1S/C23H33IN2O8.Ni/c1-16-12-19-22(33-11-10-32-9-8-31-7-6-30-5-4-28-2)25-18-14-21(34-24)20(29-3)13-17(18)23(27)26(19)15-16;/h13-14,19,22H,1,4-12,15H2,2-3H3,(H,25,27);/p-1/t19-,22-;/m0./s1. The molecule has 3 rings (SSSR count). The Morgan fingerprint density at radius 3 is 2.23 bits per heavy atom. The van der Waals surface area contributed by atoms with E-state index in [0.29, 0.717) is 88.6 Å². The van der Waals surface area contributed by atoms with Crippen LogP contribution in [0.4, 0.5) is 5.69 Å². The van der Waals surface area contributed by atoms with Crippen LogP contribution in [0.5, 0.6) is 11.5 Å². The van der Waals surface area contributed by atoms with Gasteiger partial charge in [-0.3, -0.25) is 4.79 Å². The van der Waals surface area contributed by atoms with E-state index in [1.165, 1.54) is 7.11 Å². The Morgan fingerprint density at radius 1 is 1.00 bits per heavy atom. The summed E-state index contributed by atoms with van der Waals surface area (Å²) in [6.07, 6.45) is 0.103. The zero-order valence-electron chi connectivity index (χ0n) is 19.9. The summed E-state index contributed by atoms with van der Waals surface area (Å²) in [5, 5.41) is 4.77. The summed E-state index contributed by atoms with van der Waals surface area (Å²) in [4.78, 5) is 15.0. The van der Waals surface area contributed by atoms with Gasteiger partial charge in [0.05, 0.1) is 60.0 Å². The molecule has 2 aliphatic rings. The van der Waals surface area contributed by atoms with Gasteiger partial charge in [-0.25, -0.2) is 0 Å². The number of methoxy groups -OCH3 is 2. The Morgan fingerprint density at radius 2 is 1.63 bits per heavy atom. The van der Waals surface area contributed by atoms with E-state index in [4.69, 9.17) is 36.8 Å². The number of ether oxygens (including phenoxy) is 6. The molecule has 1 amide bonds. The van der Waals surface area contributed by atoms with Gasteiger partial charge in [-0.1, -0.05) is 12.2 Å². The molecule has 1 aromatic carbocycles. The number of halogens is 1. The summed E-state index contributed by atoms with van der Waals surface area (Å²) < 4.78 is 38.1. The molecule has 2 heterocycles. The molecular weight excluding hydrogens is 618 g/mol. The topological polar surface area (TPSA) is 99.0 Å². The van der Waals surface area contributed by atoms with Crippen LogP contribution in [0.1, 0.15) is 16.8 Å². The van der Waals surface area contributed by atoms with Crippen LogP contribution in [0.3, 0.4) is 0 Å². The number of fused-ring (bicyclic) bond motifs is 2. The molecule has 2 atom stereocenters. The van der Waals surface area contributed by atoms with E-state index < -0.39 is 6.23 Å². The maximum atomic E-state index is 13.3. The van der Waals surface area contributed by atoms with Crippen LogP contribution < -0.4 is 7.80 Å². The van der Waals surface area contributed by atoms with Crippen LogP contribution in [-0.4, -0.2) is 96.7 Å². The molecular formula is C23H32IN2NiO8-. The average Bonchev–Trinajstić information content (AvgIpc) is 3.20. The molecule has 1 fully saturated rings. The van der Waals surface area contributed by atoms with Crippen molar-refractivity contribution >= 4 is 34.6 Å². The Kier molecular flexibility index (Phi) is 13.6. The second kappa shape index (κ2) is 15.9. The third-order valence-electron chi connectivity index (χ3n) is 5.44. The second-order valence-corrected chi connectivity index (χ2v) is 8.21. The molecule has 0 unspecified atom stereocenters. The Labute approximate surface area is 230 Å². The van der Waals surface area contributed by atoms with Gasteiger partial charge in [-0.2, -0.15) is 0 Å². The fourth-order valence-electron chi connectivity index (χ4n) is 3.79. The summed E-state index contributed by atoms with van der Waals surface area (Å²) in [5.74, 6) is 0.852. The summed E-state index contributed by atoms with van der Waals surface area (Å²) in [6.45, 7) is 8.36. The van der Waals surface area contributed by atoms with Gasteiger partial charge in [0.25, 0.3) is 5.91 Å². The van der Waals surface area contributed by atoms with E-state index in [9.17, 15) is 4.79 Å². The van der Waals surface area contributed by atoms with E-state index in [2.05, 4.69) is 6.58 Å². The minimum Gasteiger partial charge on any atom is -0.657 e. The summed E-state index contributed by atoms with van der Waals surface area (Å²) in [6, 6.07) is 3.16. The van der Waals surface area contributed by atoms with Crippen LogP contribution in [0, 0.1) is 0 Å². The number of nitrogens with zero attached hydrogens (tertiary/aromatic N) is 2.